The van der Waals surface area contributed by atoms with Gasteiger partial charge in [0.05, 0.1) is 13.2 Å². The Morgan fingerprint density at radius 2 is 0.864 bits per heavy atom. The Bertz CT molecular complexity index is 1500. The largest absolute Gasteiger partial charge is 0.491 e. The van der Waals surface area contributed by atoms with E-state index in [2.05, 4.69) is 111 Å². The Morgan fingerprint density at radius 3 is 1.27 bits per heavy atom. The zero-order chi connectivity index (χ0) is 30.8. The highest BCUT2D eigenvalue weighted by molar-refractivity contribution is 5.53. The molecular weight excluding hydrogens is 544 g/mol. The van der Waals surface area contributed by atoms with Crippen molar-refractivity contribution in [2.45, 2.75) is 37.5 Å². The molecule has 4 nitrogen and oxygen atoms in total. The van der Waals surface area contributed by atoms with Crippen LogP contribution in [0.4, 0.5) is 0 Å². The van der Waals surface area contributed by atoms with E-state index in [4.69, 9.17) is 9.47 Å². The van der Waals surface area contributed by atoms with E-state index in [-0.39, 0.29) is 26.4 Å². The van der Waals surface area contributed by atoms with Crippen molar-refractivity contribution in [2.24, 2.45) is 0 Å². The van der Waals surface area contributed by atoms with E-state index in [0.717, 1.165) is 35.5 Å². The predicted octanol–water partition coefficient (Wildman–Crippen LogP) is 7.53. The highest BCUT2D eigenvalue weighted by Crippen LogP contribution is 2.45. The zero-order valence-electron chi connectivity index (χ0n) is 25.7. The number of ether oxygens (including phenoxy) is 2. The van der Waals surface area contributed by atoms with Gasteiger partial charge in [0, 0.05) is 22.0 Å². The average molecular weight is 587 g/mol. The molecule has 5 aromatic rings. The van der Waals surface area contributed by atoms with E-state index in [0.29, 0.717) is 0 Å². The van der Waals surface area contributed by atoms with Gasteiger partial charge in [-0.3, -0.25) is 0 Å². The van der Waals surface area contributed by atoms with Gasteiger partial charge in [0.1, 0.15) is 24.7 Å². The van der Waals surface area contributed by atoms with E-state index >= 15 is 0 Å². The smallest absolute Gasteiger partial charge is 0.123 e. The standard InChI is InChI=1S/C40H42O4/c1-39(29-31-14-5-3-6-15-31,35-20-9-11-22-37(35)43-26-24-41)33-18-13-19-34(28-33)40(2,30-32-16-7-4-8-17-32)36-21-10-12-23-38(36)44-27-25-42/h3-23,28,41-42H,24-27,29-30H2,1-2H3. The fourth-order valence-corrected chi connectivity index (χ4v) is 6.33. The third-order valence-electron chi connectivity index (χ3n) is 8.60. The molecule has 0 aromatic heterocycles. The number of rotatable bonds is 14. The molecule has 0 radical (unpaired) electrons. The first kappa shape index (κ1) is 31.1. The summed E-state index contributed by atoms with van der Waals surface area (Å²) in [5, 5.41) is 19.1. The van der Waals surface area contributed by atoms with E-state index < -0.39 is 10.8 Å². The topological polar surface area (TPSA) is 58.9 Å². The molecule has 0 saturated heterocycles. The van der Waals surface area contributed by atoms with Gasteiger partial charge in [0.15, 0.2) is 0 Å². The lowest BCUT2D eigenvalue weighted by atomic mass is 9.67. The van der Waals surface area contributed by atoms with Crippen molar-refractivity contribution in [3.63, 3.8) is 0 Å². The maximum absolute atomic E-state index is 9.56. The summed E-state index contributed by atoms with van der Waals surface area (Å²) in [6, 6.07) is 46.4. The van der Waals surface area contributed by atoms with Gasteiger partial charge in [-0.2, -0.15) is 0 Å². The SMILES string of the molecule is CC(Cc1ccccc1)(c1cccc(C(C)(Cc2ccccc2)c2ccccc2OCCO)c1)c1ccccc1OCCO. The maximum atomic E-state index is 9.56. The van der Waals surface area contributed by atoms with Crippen molar-refractivity contribution >= 4 is 0 Å². The molecule has 0 saturated carbocycles. The number of aliphatic hydroxyl groups is 2. The summed E-state index contributed by atoms with van der Waals surface area (Å²) in [6.45, 7) is 4.94. The minimum absolute atomic E-state index is 0.0468. The highest BCUT2D eigenvalue weighted by Gasteiger charge is 2.36. The molecule has 0 bridgehead atoms. The van der Waals surface area contributed by atoms with Crippen LogP contribution in [-0.4, -0.2) is 36.6 Å². The fourth-order valence-electron chi connectivity index (χ4n) is 6.33. The van der Waals surface area contributed by atoms with Crippen molar-refractivity contribution in [1.29, 1.82) is 0 Å². The van der Waals surface area contributed by atoms with Gasteiger partial charge in [-0.05, 0) is 47.2 Å². The summed E-state index contributed by atoms with van der Waals surface area (Å²) in [6.07, 6.45) is 1.53. The van der Waals surface area contributed by atoms with Crippen LogP contribution in [0.5, 0.6) is 11.5 Å². The molecule has 2 atom stereocenters. The summed E-state index contributed by atoms with van der Waals surface area (Å²) in [4.78, 5) is 0. The molecule has 0 fully saturated rings. The molecule has 44 heavy (non-hydrogen) atoms. The van der Waals surface area contributed by atoms with Crippen LogP contribution >= 0.6 is 0 Å². The second kappa shape index (κ2) is 14.4. The summed E-state index contributed by atoms with van der Waals surface area (Å²) in [5.41, 5.74) is 6.07. The fraction of sp³-hybridized carbons (Fsp3) is 0.250. The molecule has 4 heteroatoms. The van der Waals surface area contributed by atoms with Crippen LogP contribution in [0.2, 0.25) is 0 Å². The molecular formula is C40H42O4. The van der Waals surface area contributed by atoms with Crippen LogP contribution < -0.4 is 9.47 Å². The highest BCUT2D eigenvalue weighted by atomic mass is 16.5. The van der Waals surface area contributed by atoms with Crippen LogP contribution in [0.15, 0.2) is 133 Å². The lowest BCUT2D eigenvalue weighted by Gasteiger charge is -2.36. The van der Waals surface area contributed by atoms with Crippen molar-refractivity contribution in [3.8, 4) is 11.5 Å². The molecule has 0 heterocycles. The zero-order valence-corrected chi connectivity index (χ0v) is 25.7. The van der Waals surface area contributed by atoms with E-state index in [1.807, 2.05) is 36.4 Å². The van der Waals surface area contributed by atoms with Gasteiger partial charge in [-0.15, -0.1) is 0 Å². The lowest BCUT2D eigenvalue weighted by molar-refractivity contribution is 0.199. The number of benzene rings is 5. The van der Waals surface area contributed by atoms with Gasteiger partial charge in [-0.1, -0.05) is 135 Å². The molecule has 0 aliphatic rings. The molecule has 2 unspecified atom stereocenters. The molecule has 0 aliphatic heterocycles. The number of para-hydroxylation sites is 2. The van der Waals surface area contributed by atoms with Gasteiger partial charge in [0.2, 0.25) is 0 Å². The van der Waals surface area contributed by atoms with Crippen molar-refractivity contribution < 1.29 is 19.7 Å². The van der Waals surface area contributed by atoms with Crippen molar-refractivity contribution in [3.05, 3.63) is 167 Å². The second-order valence-corrected chi connectivity index (χ2v) is 11.7. The van der Waals surface area contributed by atoms with Crippen molar-refractivity contribution in [2.75, 3.05) is 26.4 Å². The van der Waals surface area contributed by atoms with Crippen LogP contribution in [0.1, 0.15) is 47.2 Å². The molecule has 0 spiro atoms. The predicted molar refractivity (Wildman–Crippen MR) is 178 cm³/mol. The first-order chi connectivity index (χ1) is 21.5. The molecule has 5 rings (SSSR count). The quantitative estimate of drug-likeness (QED) is 0.141. The lowest BCUT2D eigenvalue weighted by Crippen LogP contribution is -2.31. The van der Waals surface area contributed by atoms with Crippen LogP contribution in [0.3, 0.4) is 0 Å². The molecule has 2 N–H and O–H groups in total. The van der Waals surface area contributed by atoms with Crippen molar-refractivity contribution in [1.82, 2.24) is 0 Å². The first-order valence-corrected chi connectivity index (χ1v) is 15.3. The van der Waals surface area contributed by atoms with Crippen LogP contribution in [0.25, 0.3) is 0 Å². The Morgan fingerprint density at radius 1 is 0.477 bits per heavy atom. The molecule has 226 valence electrons. The Hall–Kier alpha value is -4.38. The third kappa shape index (κ3) is 6.88. The maximum Gasteiger partial charge on any atom is 0.123 e. The number of hydrogen-bond donors (Lipinski definition) is 2. The number of hydrogen-bond acceptors (Lipinski definition) is 4. The van der Waals surface area contributed by atoms with Crippen LogP contribution in [0, 0.1) is 0 Å². The molecule has 5 aromatic carbocycles. The normalized spacial score (nSPS) is 13.9. The van der Waals surface area contributed by atoms with Gasteiger partial charge < -0.3 is 19.7 Å². The van der Waals surface area contributed by atoms with E-state index in [1.54, 1.807) is 0 Å². The third-order valence-corrected chi connectivity index (χ3v) is 8.60. The van der Waals surface area contributed by atoms with E-state index in [1.165, 1.54) is 22.3 Å². The Balaban J connectivity index is 1.69. The minimum atomic E-state index is -0.441. The summed E-state index contributed by atoms with van der Waals surface area (Å²) in [5.74, 6) is 1.56. The summed E-state index contributed by atoms with van der Waals surface area (Å²) in [7, 11) is 0. The second-order valence-electron chi connectivity index (χ2n) is 11.7. The van der Waals surface area contributed by atoms with Crippen LogP contribution in [-0.2, 0) is 23.7 Å². The molecule has 0 amide bonds. The Labute approximate surface area is 261 Å². The number of aliphatic hydroxyl groups excluding tert-OH is 2. The molecule has 0 aliphatic carbocycles. The minimum Gasteiger partial charge on any atom is -0.491 e. The average Bonchev–Trinajstić information content (AvgIpc) is 3.07. The summed E-state index contributed by atoms with van der Waals surface area (Å²) < 4.78 is 12.2. The first-order valence-electron chi connectivity index (χ1n) is 15.3. The monoisotopic (exact) mass is 586 g/mol. The van der Waals surface area contributed by atoms with E-state index in [9.17, 15) is 10.2 Å². The summed E-state index contributed by atoms with van der Waals surface area (Å²) >= 11 is 0. The van der Waals surface area contributed by atoms with Gasteiger partial charge >= 0.3 is 0 Å². The Kier molecular flexibility index (Phi) is 10.2. The van der Waals surface area contributed by atoms with Gasteiger partial charge in [-0.25, -0.2) is 0 Å². The van der Waals surface area contributed by atoms with Gasteiger partial charge in [0.25, 0.3) is 0 Å².